The molecule has 5 nitrogen and oxygen atoms in total. The van der Waals surface area contributed by atoms with Crippen LogP contribution >= 0.6 is 0 Å². The van der Waals surface area contributed by atoms with Crippen LogP contribution in [0.3, 0.4) is 0 Å². The second-order valence-electron chi connectivity index (χ2n) is 17.1. The third-order valence-corrected chi connectivity index (χ3v) is 11.3. The molecule has 0 fully saturated rings. The smallest absolute Gasteiger partial charge is 0.306 e. The Morgan fingerprint density at radius 1 is 0.375 bits per heavy atom. The molecule has 0 aromatic carbocycles. The van der Waals surface area contributed by atoms with Crippen molar-refractivity contribution in [2.75, 3.05) is 19.8 Å². The van der Waals surface area contributed by atoms with Gasteiger partial charge in [0.05, 0.1) is 6.61 Å². The Morgan fingerprint density at radius 2 is 0.696 bits per heavy atom. The minimum atomic E-state index is -0.528. The van der Waals surface area contributed by atoms with E-state index in [2.05, 4.69) is 32.9 Å². The van der Waals surface area contributed by atoms with Gasteiger partial charge in [-0.25, -0.2) is 0 Å². The average molecular weight is 791 g/mol. The molecule has 0 aromatic heterocycles. The van der Waals surface area contributed by atoms with Crippen molar-refractivity contribution in [2.45, 2.75) is 284 Å². The molecule has 0 aliphatic heterocycles. The van der Waals surface area contributed by atoms with Crippen LogP contribution in [-0.2, 0) is 23.8 Å². The summed E-state index contributed by atoms with van der Waals surface area (Å²) in [6.45, 7) is 7.84. The van der Waals surface area contributed by atoms with Crippen LogP contribution in [0.2, 0.25) is 0 Å². The van der Waals surface area contributed by atoms with Crippen molar-refractivity contribution < 1.29 is 23.8 Å². The highest BCUT2D eigenvalue weighted by atomic mass is 16.6. The second-order valence-corrected chi connectivity index (χ2v) is 17.1. The Morgan fingerprint density at radius 3 is 1.11 bits per heavy atom. The number of carbonyl (C=O) groups is 2. The van der Waals surface area contributed by atoms with Crippen molar-refractivity contribution in [2.24, 2.45) is 0 Å². The van der Waals surface area contributed by atoms with E-state index in [-0.39, 0.29) is 18.5 Å². The Kier molecular flexibility index (Phi) is 46.8. The van der Waals surface area contributed by atoms with Crippen LogP contribution in [0.4, 0.5) is 0 Å². The highest BCUT2D eigenvalue weighted by Crippen LogP contribution is 2.16. The van der Waals surface area contributed by atoms with E-state index in [0.29, 0.717) is 26.1 Å². The number of allylic oxidation sites excluding steroid dienone is 2. The van der Waals surface area contributed by atoms with Crippen LogP contribution in [0.15, 0.2) is 12.2 Å². The van der Waals surface area contributed by atoms with Gasteiger partial charge < -0.3 is 14.2 Å². The molecule has 0 heterocycles. The SMILES string of the molecule is CCCCCC/C=C\CCCCCCCC(=O)OCC(COCCCCCCCCCCCCCCCCCCCC)OC(=O)CCCCCCCCCCC. The largest absolute Gasteiger partial charge is 0.462 e. The summed E-state index contributed by atoms with van der Waals surface area (Å²) >= 11 is 0. The van der Waals surface area contributed by atoms with Crippen molar-refractivity contribution in [1.82, 2.24) is 0 Å². The molecule has 0 amide bonds. The zero-order valence-corrected chi connectivity index (χ0v) is 38.2. The van der Waals surface area contributed by atoms with Gasteiger partial charge in [-0.15, -0.1) is 0 Å². The van der Waals surface area contributed by atoms with Crippen LogP contribution in [0.1, 0.15) is 278 Å². The standard InChI is InChI=1S/C51H98O5/c1-4-7-10-13-16-19-21-23-24-25-26-27-29-31-34-37-40-43-46-54-47-49(56-51(53)45-42-39-36-32-18-15-12-9-6-3)48-55-50(52)44-41-38-35-33-30-28-22-20-17-14-11-8-5-2/h20,22,49H,4-19,21,23-48H2,1-3H3/b22-20-. The highest BCUT2D eigenvalue weighted by molar-refractivity contribution is 5.70. The summed E-state index contributed by atoms with van der Waals surface area (Å²) < 4.78 is 17.4. The Balaban J connectivity index is 4.13. The molecule has 332 valence electrons. The van der Waals surface area contributed by atoms with Crippen LogP contribution in [0.25, 0.3) is 0 Å². The monoisotopic (exact) mass is 791 g/mol. The zero-order valence-electron chi connectivity index (χ0n) is 38.2. The molecule has 0 aliphatic rings. The minimum absolute atomic E-state index is 0.0895. The van der Waals surface area contributed by atoms with Gasteiger partial charge in [-0.1, -0.05) is 232 Å². The van der Waals surface area contributed by atoms with Crippen molar-refractivity contribution >= 4 is 11.9 Å². The van der Waals surface area contributed by atoms with Gasteiger partial charge in [-0.05, 0) is 44.9 Å². The van der Waals surface area contributed by atoms with Crippen LogP contribution < -0.4 is 0 Å². The molecule has 0 saturated heterocycles. The van der Waals surface area contributed by atoms with Crippen molar-refractivity contribution in [1.29, 1.82) is 0 Å². The summed E-state index contributed by atoms with van der Waals surface area (Å²) in [4.78, 5) is 25.2. The summed E-state index contributed by atoms with van der Waals surface area (Å²) in [5.74, 6) is -0.392. The maximum Gasteiger partial charge on any atom is 0.306 e. The van der Waals surface area contributed by atoms with Gasteiger partial charge >= 0.3 is 11.9 Å². The molecular weight excluding hydrogens is 693 g/mol. The molecule has 0 rings (SSSR count). The summed E-state index contributed by atoms with van der Waals surface area (Å²) in [6, 6.07) is 0. The lowest BCUT2D eigenvalue weighted by Crippen LogP contribution is -2.30. The normalized spacial score (nSPS) is 12.1. The van der Waals surface area contributed by atoms with Crippen LogP contribution in [0.5, 0.6) is 0 Å². The highest BCUT2D eigenvalue weighted by Gasteiger charge is 2.17. The molecule has 1 atom stereocenters. The van der Waals surface area contributed by atoms with Gasteiger partial charge in [0.15, 0.2) is 6.10 Å². The number of carbonyl (C=O) groups excluding carboxylic acids is 2. The van der Waals surface area contributed by atoms with E-state index in [1.807, 2.05) is 0 Å². The molecule has 0 radical (unpaired) electrons. The first-order valence-corrected chi connectivity index (χ1v) is 25.2. The lowest BCUT2D eigenvalue weighted by molar-refractivity contribution is -0.163. The summed E-state index contributed by atoms with van der Waals surface area (Å²) in [5, 5.41) is 0. The lowest BCUT2D eigenvalue weighted by Gasteiger charge is -2.18. The fourth-order valence-electron chi connectivity index (χ4n) is 7.51. The number of hydrogen-bond acceptors (Lipinski definition) is 5. The maximum absolute atomic E-state index is 12.7. The first-order valence-electron chi connectivity index (χ1n) is 25.2. The van der Waals surface area contributed by atoms with E-state index in [4.69, 9.17) is 14.2 Å². The van der Waals surface area contributed by atoms with Crippen LogP contribution in [0, 0.1) is 0 Å². The molecule has 0 aliphatic carbocycles. The van der Waals surface area contributed by atoms with Crippen molar-refractivity contribution in [3.05, 3.63) is 12.2 Å². The van der Waals surface area contributed by atoms with E-state index in [1.165, 1.54) is 199 Å². The first-order chi connectivity index (χ1) is 27.6. The quantitative estimate of drug-likeness (QED) is 0.0349. The topological polar surface area (TPSA) is 61.8 Å². The number of esters is 2. The zero-order chi connectivity index (χ0) is 40.7. The number of unbranched alkanes of at least 4 members (excludes halogenated alkanes) is 34. The van der Waals surface area contributed by atoms with Crippen molar-refractivity contribution in [3.63, 3.8) is 0 Å². The van der Waals surface area contributed by atoms with Gasteiger partial charge in [0, 0.05) is 19.4 Å². The van der Waals surface area contributed by atoms with Crippen LogP contribution in [-0.4, -0.2) is 37.9 Å². The summed E-state index contributed by atoms with van der Waals surface area (Å²) in [6.07, 6.45) is 53.6. The van der Waals surface area contributed by atoms with Gasteiger partial charge in [-0.2, -0.15) is 0 Å². The minimum Gasteiger partial charge on any atom is -0.462 e. The molecule has 0 bridgehead atoms. The lowest BCUT2D eigenvalue weighted by atomic mass is 10.0. The van der Waals surface area contributed by atoms with E-state index in [0.717, 1.165) is 44.9 Å². The summed E-state index contributed by atoms with van der Waals surface area (Å²) in [7, 11) is 0. The summed E-state index contributed by atoms with van der Waals surface area (Å²) in [5.41, 5.74) is 0. The van der Waals surface area contributed by atoms with Gasteiger partial charge in [0.2, 0.25) is 0 Å². The molecular formula is C51H98O5. The molecule has 56 heavy (non-hydrogen) atoms. The number of ether oxygens (including phenoxy) is 3. The van der Waals surface area contributed by atoms with E-state index >= 15 is 0 Å². The fourth-order valence-corrected chi connectivity index (χ4v) is 7.51. The third-order valence-electron chi connectivity index (χ3n) is 11.3. The Bertz CT molecular complexity index is 810. The van der Waals surface area contributed by atoms with Gasteiger partial charge in [0.25, 0.3) is 0 Å². The predicted octanol–water partition coefficient (Wildman–Crippen LogP) is 16.7. The first kappa shape index (κ1) is 54.6. The molecule has 0 aromatic rings. The molecule has 0 spiro atoms. The van der Waals surface area contributed by atoms with E-state index in [1.54, 1.807) is 0 Å². The average Bonchev–Trinajstić information content (AvgIpc) is 3.20. The van der Waals surface area contributed by atoms with E-state index < -0.39 is 6.10 Å². The Hall–Kier alpha value is -1.36. The fraction of sp³-hybridized carbons (Fsp3) is 0.922. The van der Waals surface area contributed by atoms with Crippen molar-refractivity contribution in [3.8, 4) is 0 Å². The molecule has 1 unspecified atom stereocenters. The molecule has 5 heteroatoms. The van der Waals surface area contributed by atoms with Gasteiger partial charge in [0.1, 0.15) is 6.61 Å². The number of rotatable bonds is 47. The predicted molar refractivity (Wildman–Crippen MR) is 242 cm³/mol. The Labute approximate surface area is 350 Å². The third kappa shape index (κ3) is 45.3. The number of hydrogen-bond donors (Lipinski definition) is 0. The molecule has 0 N–H and O–H groups in total. The molecule has 0 saturated carbocycles. The van der Waals surface area contributed by atoms with E-state index in [9.17, 15) is 9.59 Å². The second kappa shape index (κ2) is 48.0. The maximum atomic E-state index is 12.7. The van der Waals surface area contributed by atoms with Gasteiger partial charge in [-0.3, -0.25) is 9.59 Å².